The maximum Gasteiger partial charge on any atom is 0.335 e. The molecule has 4 aromatic carbocycles. The first-order valence-electron chi connectivity index (χ1n) is 12.0. The van der Waals surface area contributed by atoms with Gasteiger partial charge < -0.3 is 9.55 Å². The van der Waals surface area contributed by atoms with E-state index in [1.807, 2.05) is 60.7 Å². The van der Waals surface area contributed by atoms with E-state index in [1.165, 1.54) is 0 Å². The molecular weight excluding hydrogens is 485 g/mol. The predicted octanol–water partition coefficient (Wildman–Crippen LogP) is 4.04. The Morgan fingerprint density at radius 1 is 0.789 bits per heavy atom. The van der Waals surface area contributed by atoms with Gasteiger partial charge >= 0.3 is 6.85 Å². The molecule has 0 bridgehead atoms. The van der Waals surface area contributed by atoms with Crippen LogP contribution in [0.1, 0.15) is 16.7 Å². The molecule has 2 heterocycles. The van der Waals surface area contributed by atoms with Crippen LogP contribution in [-0.4, -0.2) is 14.9 Å². The Morgan fingerprint density at radius 2 is 1.34 bits per heavy atom. The van der Waals surface area contributed by atoms with Gasteiger partial charge in [-0.05, 0) is 51.6 Å². The summed E-state index contributed by atoms with van der Waals surface area (Å²) < 4.78 is 6.27. The van der Waals surface area contributed by atoms with Crippen molar-refractivity contribution in [3.63, 3.8) is 0 Å². The van der Waals surface area contributed by atoms with Crippen molar-refractivity contribution in [2.45, 2.75) is 13.1 Å². The number of nitrogens with zero attached hydrogens (tertiary/aromatic N) is 5. The number of hydrogen-bond acceptors (Lipinski definition) is 5. The second-order valence-electron chi connectivity index (χ2n) is 9.83. The fourth-order valence-electron chi connectivity index (χ4n) is 5.70. The van der Waals surface area contributed by atoms with E-state index in [0.29, 0.717) is 45.3 Å². The van der Waals surface area contributed by atoms with Gasteiger partial charge in [-0.3, -0.25) is 0 Å². The molecule has 176 valence electrons. The van der Waals surface area contributed by atoms with Gasteiger partial charge in [0.2, 0.25) is 0 Å². The zero-order valence-electron chi connectivity index (χ0n) is 20.6. The minimum absolute atomic E-state index is 0.380. The second-order valence-corrected chi connectivity index (χ2v) is 14.2. The van der Waals surface area contributed by atoms with E-state index in [9.17, 15) is 15.8 Å². The van der Waals surface area contributed by atoms with Crippen molar-refractivity contribution in [2.75, 3.05) is 4.81 Å². The van der Waals surface area contributed by atoms with E-state index in [0.717, 1.165) is 21.3 Å². The van der Waals surface area contributed by atoms with Gasteiger partial charge in [-0.25, -0.2) is 4.85 Å². The molecule has 6 rings (SSSR count). The molecule has 8 heteroatoms. The molecule has 0 aromatic heterocycles. The third kappa shape index (κ3) is 3.16. The highest BCUT2D eigenvalue weighted by Gasteiger charge is 2.47. The largest absolute Gasteiger partial charge is 0.458 e. The van der Waals surface area contributed by atoms with Gasteiger partial charge in [0.05, 0.1) is 35.4 Å². The predicted molar refractivity (Wildman–Crippen MR) is 150 cm³/mol. The highest BCUT2D eigenvalue weighted by atomic mass is 28.3. The van der Waals surface area contributed by atoms with Gasteiger partial charge in [-0.15, -0.1) is 0 Å². The summed E-state index contributed by atoms with van der Waals surface area (Å²) >= 11 is 0. The fourth-order valence-corrected chi connectivity index (χ4v) is 8.71. The van der Waals surface area contributed by atoms with Crippen molar-refractivity contribution >= 4 is 53.3 Å². The molecule has 0 unspecified atom stereocenters. The van der Waals surface area contributed by atoms with E-state index in [2.05, 4.69) is 41.0 Å². The molecule has 4 aromatic rings. The van der Waals surface area contributed by atoms with Crippen LogP contribution in [0, 0.1) is 40.6 Å². The standard InChI is InChI=1S/C30H18BN5OSi/c1-35-22-14-21(18-34)30-28(15-22)38(2,3)27-13-19(16-32)12-20(17-33)29(27)36(30)31-23-8-4-6-10-25(23)37-26-11-7-5-9-24(26)31/h4-15H,2-3H3. The fraction of sp³-hybridized carbons (Fsp3) is 0.0667. The molecule has 2 aliphatic rings. The number of benzene rings is 4. The number of anilines is 2. The minimum atomic E-state index is -2.58. The molecule has 0 radical (unpaired) electrons. The Labute approximate surface area is 222 Å². The van der Waals surface area contributed by atoms with Crippen LogP contribution in [0.25, 0.3) is 4.85 Å². The summed E-state index contributed by atoms with van der Waals surface area (Å²) in [7, 11) is -2.58. The Bertz CT molecular complexity index is 1720. The molecule has 0 aliphatic carbocycles. The zero-order valence-corrected chi connectivity index (χ0v) is 21.6. The number of rotatable bonds is 1. The summed E-state index contributed by atoms with van der Waals surface area (Å²) in [5.41, 5.74) is 4.79. The highest BCUT2D eigenvalue weighted by Crippen LogP contribution is 2.40. The Balaban J connectivity index is 1.81. The van der Waals surface area contributed by atoms with Crippen LogP contribution in [0.5, 0.6) is 11.5 Å². The molecule has 6 nitrogen and oxygen atoms in total. The smallest absolute Gasteiger partial charge is 0.335 e. The first kappa shape index (κ1) is 23.1. The van der Waals surface area contributed by atoms with Crippen LogP contribution < -0.4 is 30.8 Å². The number of fused-ring (bicyclic) bond motifs is 4. The summed E-state index contributed by atoms with van der Waals surface area (Å²) in [4.78, 5) is 5.74. The van der Waals surface area contributed by atoms with Crippen LogP contribution in [0.4, 0.5) is 17.1 Å². The Hall–Kier alpha value is -5.28. The van der Waals surface area contributed by atoms with Crippen molar-refractivity contribution < 1.29 is 4.74 Å². The molecule has 0 saturated heterocycles. The lowest BCUT2D eigenvalue weighted by Gasteiger charge is -2.46. The molecule has 0 saturated carbocycles. The normalized spacial score (nSPS) is 13.7. The lowest BCUT2D eigenvalue weighted by Crippen LogP contribution is -2.66. The summed E-state index contributed by atoms with van der Waals surface area (Å²) in [6.45, 7) is 11.6. The summed E-state index contributed by atoms with van der Waals surface area (Å²) in [5, 5.41) is 32.4. The second kappa shape index (κ2) is 8.39. The van der Waals surface area contributed by atoms with Crippen LogP contribution in [0.2, 0.25) is 13.1 Å². The van der Waals surface area contributed by atoms with E-state index >= 15 is 0 Å². The van der Waals surface area contributed by atoms with Gasteiger partial charge in [-0.1, -0.05) is 55.6 Å². The lowest BCUT2D eigenvalue weighted by atomic mass is 9.47. The molecule has 0 N–H and O–H groups in total. The first-order chi connectivity index (χ1) is 18.4. The number of para-hydroxylation sites is 2. The summed E-state index contributed by atoms with van der Waals surface area (Å²) in [5.74, 6) is 1.40. The van der Waals surface area contributed by atoms with Gasteiger partial charge in [0.1, 0.15) is 25.6 Å². The topological polar surface area (TPSA) is 88.2 Å². The van der Waals surface area contributed by atoms with Crippen molar-refractivity contribution in [1.29, 1.82) is 15.8 Å². The maximum atomic E-state index is 10.4. The van der Waals surface area contributed by atoms with E-state index in [4.69, 9.17) is 11.3 Å². The Morgan fingerprint density at radius 3 is 1.89 bits per heavy atom. The van der Waals surface area contributed by atoms with Gasteiger partial charge in [-0.2, -0.15) is 15.8 Å². The van der Waals surface area contributed by atoms with E-state index < -0.39 is 14.9 Å². The third-order valence-corrected chi connectivity index (χ3v) is 10.9. The zero-order chi connectivity index (χ0) is 26.6. The van der Waals surface area contributed by atoms with Crippen LogP contribution in [-0.2, 0) is 0 Å². The summed E-state index contributed by atoms with van der Waals surface area (Å²) in [6, 6.07) is 29.5. The number of nitriles is 3. The number of ether oxygens (including phenoxy) is 1. The highest BCUT2D eigenvalue weighted by molar-refractivity contribution is 7.04. The van der Waals surface area contributed by atoms with Gasteiger partial charge in [0.25, 0.3) is 0 Å². The SMILES string of the molecule is [C-]#[N+]c1cc(C#N)c2c(c1)[Si](C)(C)c1cc(C#N)cc(C#N)c1N2B1c2ccccc2Oc2ccccc21. The molecule has 0 fully saturated rings. The van der Waals surface area contributed by atoms with Gasteiger partial charge in [0.15, 0.2) is 5.69 Å². The van der Waals surface area contributed by atoms with Crippen LogP contribution >= 0.6 is 0 Å². The number of hydrogen-bond donors (Lipinski definition) is 0. The average molecular weight is 503 g/mol. The molecule has 2 aliphatic heterocycles. The Kier molecular flexibility index (Phi) is 5.11. The quantitative estimate of drug-likeness (QED) is 0.289. The maximum absolute atomic E-state index is 10.4. The van der Waals surface area contributed by atoms with Crippen LogP contribution in [0.15, 0.2) is 72.8 Å². The molecule has 0 atom stereocenters. The minimum Gasteiger partial charge on any atom is -0.458 e. The summed E-state index contributed by atoms with van der Waals surface area (Å²) in [6.07, 6.45) is 0. The molecular formula is C30H18BN5OSi. The molecule has 0 spiro atoms. The average Bonchev–Trinajstić information content (AvgIpc) is 2.95. The van der Waals surface area contributed by atoms with Gasteiger partial charge in [0, 0.05) is 11.4 Å². The van der Waals surface area contributed by atoms with Crippen molar-refractivity contribution in [3.8, 4) is 29.7 Å². The van der Waals surface area contributed by atoms with Crippen LogP contribution in [0.3, 0.4) is 0 Å². The van der Waals surface area contributed by atoms with Crippen molar-refractivity contribution in [3.05, 3.63) is 101 Å². The third-order valence-electron chi connectivity index (χ3n) is 7.44. The molecule has 38 heavy (non-hydrogen) atoms. The van der Waals surface area contributed by atoms with Crippen molar-refractivity contribution in [1.82, 2.24) is 0 Å². The first-order valence-corrected chi connectivity index (χ1v) is 15.0. The van der Waals surface area contributed by atoms with Crippen molar-refractivity contribution in [2.24, 2.45) is 0 Å². The lowest BCUT2D eigenvalue weighted by molar-refractivity contribution is 0.487. The van der Waals surface area contributed by atoms with E-state index in [-0.39, 0.29) is 0 Å². The monoisotopic (exact) mass is 503 g/mol. The van der Waals surface area contributed by atoms with E-state index in [1.54, 1.807) is 12.1 Å². The molecule has 0 amide bonds.